The topological polar surface area (TPSA) is 51.3 Å². The third-order valence-electron chi connectivity index (χ3n) is 5.60. The summed E-state index contributed by atoms with van der Waals surface area (Å²) in [6.45, 7) is 2.52. The normalized spacial score (nSPS) is 10.8. The van der Waals surface area contributed by atoms with Crippen molar-refractivity contribution >= 4 is 16.7 Å². The van der Waals surface area contributed by atoms with Gasteiger partial charge in [-0.3, -0.25) is 4.79 Å². The van der Waals surface area contributed by atoms with Crippen LogP contribution in [0.3, 0.4) is 0 Å². The maximum Gasteiger partial charge on any atom is 0.209 e. The number of H-pyrrole nitrogens is 1. The third-order valence-corrected chi connectivity index (χ3v) is 5.60. The van der Waals surface area contributed by atoms with Crippen molar-refractivity contribution in [1.82, 2.24) is 4.98 Å². The molecule has 0 saturated carbocycles. The average molecular weight is 434 g/mol. The van der Waals surface area contributed by atoms with E-state index >= 15 is 0 Å². The number of aromatic amines is 1. The molecule has 0 aliphatic rings. The second kappa shape index (κ2) is 9.05. The Kier molecular flexibility index (Phi) is 5.64. The van der Waals surface area contributed by atoms with E-state index in [9.17, 15) is 4.79 Å². The molecule has 0 fully saturated rings. The van der Waals surface area contributed by atoms with Gasteiger partial charge in [0.25, 0.3) is 0 Å². The summed E-state index contributed by atoms with van der Waals surface area (Å²) in [4.78, 5) is 16.3. The number of ketones is 1. The number of rotatable bonds is 7. The third kappa shape index (κ3) is 4.51. The van der Waals surface area contributed by atoms with Gasteiger partial charge in [-0.15, -0.1) is 0 Å². The molecule has 5 aromatic rings. The number of carbonyl (C=O) groups is 1. The van der Waals surface area contributed by atoms with Crippen LogP contribution in [-0.2, 0) is 6.61 Å². The van der Waals surface area contributed by atoms with Crippen molar-refractivity contribution in [2.45, 2.75) is 13.5 Å². The SMILES string of the molecule is Cc1c(OCc2ccccc2)ccc2[nH]c(C(=O)c3ccc(Oc4ccccc4)cc3)cc12. The van der Waals surface area contributed by atoms with Gasteiger partial charge in [-0.1, -0.05) is 48.5 Å². The van der Waals surface area contributed by atoms with E-state index in [1.807, 2.05) is 97.9 Å². The lowest BCUT2D eigenvalue weighted by molar-refractivity contribution is 0.103. The van der Waals surface area contributed by atoms with Crippen LogP contribution in [0.25, 0.3) is 10.9 Å². The number of benzene rings is 4. The van der Waals surface area contributed by atoms with E-state index in [0.29, 0.717) is 23.6 Å². The number of aromatic nitrogens is 1. The lowest BCUT2D eigenvalue weighted by Gasteiger charge is -2.09. The Morgan fingerprint density at radius 2 is 1.45 bits per heavy atom. The number of aryl methyl sites for hydroxylation is 1. The van der Waals surface area contributed by atoms with Gasteiger partial charge in [-0.2, -0.15) is 0 Å². The number of hydrogen-bond donors (Lipinski definition) is 1. The summed E-state index contributed by atoms with van der Waals surface area (Å²) in [5.41, 5.74) is 4.17. The summed E-state index contributed by atoms with van der Waals surface area (Å²) in [6, 6.07) is 32.6. The largest absolute Gasteiger partial charge is 0.489 e. The number of fused-ring (bicyclic) bond motifs is 1. The lowest BCUT2D eigenvalue weighted by Crippen LogP contribution is -2.01. The van der Waals surface area contributed by atoms with Crippen LogP contribution in [0.1, 0.15) is 27.2 Å². The molecule has 0 radical (unpaired) electrons. The Morgan fingerprint density at radius 3 is 2.18 bits per heavy atom. The molecule has 5 rings (SSSR count). The minimum atomic E-state index is -0.0661. The van der Waals surface area contributed by atoms with Crippen molar-refractivity contribution in [3.8, 4) is 17.2 Å². The first-order valence-corrected chi connectivity index (χ1v) is 10.8. The Hall–Kier alpha value is -4.31. The fourth-order valence-electron chi connectivity index (χ4n) is 3.80. The van der Waals surface area contributed by atoms with Gasteiger partial charge in [-0.05, 0) is 67.1 Å². The van der Waals surface area contributed by atoms with Gasteiger partial charge in [0.05, 0.1) is 5.69 Å². The number of carbonyl (C=O) groups excluding carboxylic acids is 1. The average Bonchev–Trinajstić information content (AvgIpc) is 3.30. The Morgan fingerprint density at radius 1 is 0.788 bits per heavy atom. The van der Waals surface area contributed by atoms with Crippen molar-refractivity contribution < 1.29 is 14.3 Å². The van der Waals surface area contributed by atoms with E-state index in [1.54, 1.807) is 12.1 Å². The van der Waals surface area contributed by atoms with E-state index in [1.165, 1.54) is 0 Å². The number of hydrogen-bond acceptors (Lipinski definition) is 3. The first-order valence-electron chi connectivity index (χ1n) is 10.8. The van der Waals surface area contributed by atoms with E-state index in [4.69, 9.17) is 9.47 Å². The number of para-hydroxylation sites is 1. The van der Waals surface area contributed by atoms with Crippen LogP contribution in [0.15, 0.2) is 103 Å². The molecule has 0 amide bonds. The van der Waals surface area contributed by atoms with Crippen molar-refractivity contribution in [3.63, 3.8) is 0 Å². The summed E-state index contributed by atoms with van der Waals surface area (Å²) >= 11 is 0. The first-order chi connectivity index (χ1) is 16.2. The predicted molar refractivity (Wildman–Crippen MR) is 130 cm³/mol. The van der Waals surface area contributed by atoms with Gasteiger partial charge < -0.3 is 14.5 Å². The predicted octanol–water partition coefficient (Wildman–Crippen LogP) is 7.08. The molecule has 1 aromatic heterocycles. The summed E-state index contributed by atoms with van der Waals surface area (Å²) in [5, 5.41) is 0.980. The van der Waals surface area contributed by atoms with Crippen LogP contribution in [0, 0.1) is 6.92 Å². The highest BCUT2D eigenvalue weighted by Gasteiger charge is 2.15. The van der Waals surface area contributed by atoms with Crippen molar-refractivity contribution in [3.05, 3.63) is 126 Å². The fourth-order valence-corrected chi connectivity index (χ4v) is 3.80. The number of ether oxygens (including phenoxy) is 2. The van der Waals surface area contributed by atoms with E-state index < -0.39 is 0 Å². The molecule has 33 heavy (non-hydrogen) atoms. The molecule has 0 atom stereocenters. The molecule has 1 N–H and O–H groups in total. The molecule has 0 saturated heterocycles. The summed E-state index contributed by atoms with van der Waals surface area (Å²) in [6.07, 6.45) is 0. The molecule has 0 aliphatic carbocycles. The second-order valence-electron chi connectivity index (χ2n) is 7.88. The minimum Gasteiger partial charge on any atom is -0.489 e. The maximum absolute atomic E-state index is 13.1. The van der Waals surface area contributed by atoms with Crippen molar-refractivity contribution in [1.29, 1.82) is 0 Å². The minimum absolute atomic E-state index is 0.0661. The molecular weight excluding hydrogens is 410 g/mol. The molecule has 4 heteroatoms. The zero-order chi connectivity index (χ0) is 22.6. The van der Waals surface area contributed by atoms with Gasteiger partial charge in [0.2, 0.25) is 5.78 Å². The van der Waals surface area contributed by atoms with Crippen LogP contribution < -0.4 is 9.47 Å². The Bertz CT molecular complexity index is 1390. The van der Waals surface area contributed by atoms with E-state index in [-0.39, 0.29) is 5.78 Å². The first kappa shape index (κ1) is 20.6. The molecule has 0 unspecified atom stereocenters. The summed E-state index contributed by atoms with van der Waals surface area (Å²) < 4.78 is 11.9. The molecule has 0 spiro atoms. The summed E-state index contributed by atoms with van der Waals surface area (Å²) in [7, 11) is 0. The highest BCUT2D eigenvalue weighted by molar-refractivity contribution is 6.10. The van der Waals surface area contributed by atoms with Crippen LogP contribution in [-0.4, -0.2) is 10.8 Å². The highest BCUT2D eigenvalue weighted by atomic mass is 16.5. The zero-order valence-corrected chi connectivity index (χ0v) is 18.2. The molecule has 0 bridgehead atoms. The molecule has 0 aliphatic heterocycles. The Balaban J connectivity index is 1.34. The van der Waals surface area contributed by atoms with Gasteiger partial charge >= 0.3 is 0 Å². The molecule has 1 heterocycles. The fraction of sp³-hybridized carbons (Fsp3) is 0.0690. The molecule has 162 valence electrons. The monoisotopic (exact) mass is 433 g/mol. The van der Waals surface area contributed by atoms with Gasteiger partial charge in [0.1, 0.15) is 23.9 Å². The smallest absolute Gasteiger partial charge is 0.209 e. The lowest BCUT2D eigenvalue weighted by atomic mass is 10.1. The molecular formula is C29H23NO3. The standard InChI is InChI=1S/C29H23NO3/c1-20-25-18-27(30-26(25)16-17-28(20)32-19-21-8-4-2-5-9-21)29(31)22-12-14-24(15-13-22)33-23-10-6-3-7-11-23/h2-18,30H,19H2,1H3. The van der Waals surface area contributed by atoms with Gasteiger partial charge in [0.15, 0.2) is 0 Å². The highest BCUT2D eigenvalue weighted by Crippen LogP contribution is 2.29. The van der Waals surface area contributed by atoms with Crippen molar-refractivity contribution in [2.75, 3.05) is 0 Å². The second-order valence-corrected chi connectivity index (χ2v) is 7.88. The van der Waals surface area contributed by atoms with Gasteiger partial charge in [0, 0.05) is 22.0 Å². The molecule has 4 nitrogen and oxygen atoms in total. The van der Waals surface area contributed by atoms with Crippen LogP contribution in [0.2, 0.25) is 0 Å². The van der Waals surface area contributed by atoms with Crippen LogP contribution >= 0.6 is 0 Å². The van der Waals surface area contributed by atoms with Crippen molar-refractivity contribution in [2.24, 2.45) is 0 Å². The van der Waals surface area contributed by atoms with E-state index in [0.717, 1.165) is 33.5 Å². The zero-order valence-electron chi connectivity index (χ0n) is 18.2. The maximum atomic E-state index is 13.1. The molecule has 4 aromatic carbocycles. The van der Waals surface area contributed by atoms with Crippen LogP contribution in [0.5, 0.6) is 17.2 Å². The van der Waals surface area contributed by atoms with Gasteiger partial charge in [-0.25, -0.2) is 0 Å². The Labute approximate surface area is 192 Å². The quantitative estimate of drug-likeness (QED) is 0.279. The van der Waals surface area contributed by atoms with Crippen LogP contribution in [0.4, 0.5) is 0 Å². The number of nitrogens with one attached hydrogen (secondary N) is 1. The summed E-state index contributed by atoms with van der Waals surface area (Å²) in [5.74, 6) is 2.19. The van der Waals surface area contributed by atoms with E-state index in [2.05, 4.69) is 4.98 Å².